The van der Waals surface area contributed by atoms with Crippen LogP contribution in [0.15, 0.2) is 0 Å². The molecule has 1 heterocycles. The van der Waals surface area contributed by atoms with Crippen molar-refractivity contribution in [2.24, 2.45) is 0 Å². The number of methoxy groups -OCH3 is 1. The van der Waals surface area contributed by atoms with E-state index in [1.165, 1.54) is 12.0 Å². The van der Waals surface area contributed by atoms with Crippen molar-refractivity contribution >= 4 is 18.0 Å². The lowest BCUT2D eigenvalue weighted by molar-refractivity contribution is -0.158. The molecule has 3 N–H and O–H groups in total. The van der Waals surface area contributed by atoms with Crippen LogP contribution in [0, 0.1) is 0 Å². The van der Waals surface area contributed by atoms with Crippen LogP contribution in [0.3, 0.4) is 0 Å². The highest BCUT2D eigenvalue weighted by molar-refractivity contribution is 5.83. The Morgan fingerprint density at radius 2 is 2.20 bits per heavy atom. The summed E-state index contributed by atoms with van der Waals surface area (Å²) in [7, 11) is 1.21. The van der Waals surface area contributed by atoms with Crippen molar-refractivity contribution in [3.8, 4) is 0 Å². The highest BCUT2D eigenvalue weighted by atomic mass is 16.6. The maximum Gasteiger partial charge on any atom is 0.336 e. The minimum absolute atomic E-state index is 0.00995. The fourth-order valence-corrected chi connectivity index (χ4v) is 1.73. The number of carbonyl (C=O) groups is 3. The monoisotopic (exact) mass is 290 g/mol. The number of carboxylic acids is 1. The molecule has 0 saturated carbocycles. The van der Waals surface area contributed by atoms with Crippen LogP contribution in [0.4, 0.5) is 4.79 Å². The van der Waals surface area contributed by atoms with Crippen LogP contribution in [0.25, 0.3) is 0 Å². The van der Waals surface area contributed by atoms with Crippen molar-refractivity contribution < 1.29 is 34.1 Å². The molecule has 1 rings (SSSR count). The van der Waals surface area contributed by atoms with Gasteiger partial charge in [-0.25, -0.2) is 14.4 Å². The first-order valence-electron chi connectivity index (χ1n) is 6.08. The molecule has 0 aliphatic carbocycles. The SMILES string of the molecule is COC(=O)C1CN(C(=O)N[C@H](CCO)C(=O)O)CCO1. The number of nitrogens with zero attached hydrogens (tertiary/aromatic N) is 1. The van der Waals surface area contributed by atoms with Gasteiger partial charge in [0.15, 0.2) is 6.10 Å². The zero-order valence-electron chi connectivity index (χ0n) is 11.1. The summed E-state index contributed by atoms with van der Waals surface area (Å²) in [5.74, 6) is -1.82. The van der Waals surface area contributed by atoms with Crippen molar-refractivity contribution in [1.29, 1.82) is 0 Å². The molecule has 0 radical (unpaired) electrons. The first-order chi connectivity index (χ1) is 9.49. The van der Waals surface area contributed by atoms with Gasteiger partial charge in [0.05, 0.1) is 20.3 Å². The highest BCUT2D eigenvalue weighted by Gasteiger charge is 2.31. The summed E-state index contributed by atoms with van der Waals surface area (Å²) in [5, 5.41) is 19.9. The Kier molecular flexibility index (Phi) is 6.19. The molecule has 0 spiro atoms. The normalized spacial score (nSPS) is 20.1. The van der Waals surface area contributed by atoms with Crippen LogP contribution in [-0.4, -0.2) is 78.6 Å². The average Bonchev–Trinajstić information content (AvgIpc) is 2.45. The summed E-state index contributed by atoms with van der Waals surface area (Å²) in [6.07, 6.45) is -0.966. The Balaban J connectivity index is 2.57. The predicted molar refractivity (Wildman–Crippen MR) is 65.0 cm³/mol. The lowest BCUT2D eigenvalue weighted by atomic mass is 10.2. The molecule has 2 amide bonds. The number of nitrogens with one attached hydrogen (secondary N) is 1. The van der Waals surface area contributed by atoms with Gasteiger partial charge in [-0.15, -0.1) is 0 Å². The molecular weight excluding hydrogens is 272 g/mol. The Hall–Kier alpha value is -1.87. The molecule has 20 heavy (non-hydrogen) atoms. The Bertz CT molecular complexity index is 374. The second kappa shape index (κ2) is 7.65. The van der Waals surface area contributed by atoms with Crippen molar-refractivity contribution in [3.05, 3.63) is 0 Å². The number of aliphatic hydroxyl groups is 1. The molecule has 1 aliphatic rings. The van der Waals surface area contributed by atoms with Gasteiger partial charge in [0, 0.05) is 19.6 Å². The Morgan fingerprint density at radius 1 is 1.50 bits per heavy atom. The molecule has 114 valence electrons. The second-order valence-electron chi connectivity index (χ2n) is 4.18. The van der Waals surface area contributed by atoms with E-state index >= 15 is 0 Å². The second-order valence-corrected chi connectivity index (χ2v) is 4.18. The minimum Gasteiger partial charge on any atom is -0.480 e. The third kappa shape index (κ3) is 4.35. The van der Waals surface area contributed by atoms with Gasteiger partial charge in [-0.3, -0.25) is 0 Å². The minimum atomic E-state index is -1.23. The third-order valence-corrected chi connectivity index (χ3v) is 2.83. The van der Waals surface area contributed by atoms with Crippen LogP contribution in [0.2, 0.25) is 0 Å². The first-order valence-corrected chi connectivity index (χ1v) is 6.08. The van der Waals surface area contributed by atoms with Crippen molar-refractivity contribution in [1.82, 2.24) is 10.2 Å². The summed E-state index contributed by atoms with van der Waals surface area (Å²) < 4.78 is 9.68. The molecule has 0 aromatic heterocycles. The number of urea groups is 1. The molecule has 0 aromatic rings. The van der Waals surface area contributed by atoms with E-state index in [-0.39, 0.29) is 32.7 Å². The fourth-order valence-electron chi connectivity index (χ4n) is 1.73. The number of hydrogen-bond acceptors (Lipinski definition) is 6. The molecule has 2 atom stereocenters. The number of aliphatic carboxylic acids is 1. The number of carboxylic acid groups (broad SMARTS) is 1. The summed E-state index contributed by atoms with van der Waals surface area (Å²) in [6.45, 7) is 0.0326. The van der Waals surface area contributed by atoms with Crippen LogP contribution >= 0.6 is 0 Å². The molecule has 0 bridgehead atoms. The zero-order chi connectivity index (χ0) is 15.1. The molecular formula is C11H18N2O7. The van der Waals surface area contributed by atoms with Gasteiger partial charge >= 0.3 is 18.0 Å². The maximum absolute atomic E-state index is 11.9. The molecule has 9 heteroatoms. The number of ether oxygens (including phenoxy) is 2. The number of carbonyl (C=O) groups excluding carboxylic acids is 2. The van der Waals surface area contributed by atoms with Gasteiger partial charge in [0.2, 0.25) is 0 Å². The van der Waals surface area contributed by atoms with Gasteiger partial charge in [0.1, 0.15) is 6.04 Å². The number of aliphatic hydroxyl groups excluding tert-OH is 1. The Labute approximate surface area is 115 Å². The van der Waals surface area contributed by atoms with Gasteiger partial charge in [-0.2, -0.15) is 0 Å². The average molecular weight is 290 g/mol. The lowest BCUT2D eigenvalue weighted by Crippen LogP contribution is -2.55. The summed E-state index contributed by atoms with van der Waals surface area (Å²) in [4.78, 5) is 35.4. The highest BCUT2D eigenvalue weighted by Crippen LogP contribution is 2.07. The summed E-state index contributed by atoms with van der Waals surface area (Å²) in [5.41, 5.74) is 0. The topological polar surface area (TPSA) is 125 Å². The molecule has 1 fully saturated rings. The standard InChI is InChI=1S/C11H18N2O7/c1-19-10(17)8-6-13(3-5-20-8)11(18)12-7(2-4-14)9(15)16/h7-8,14H,2-6H2,1H3,(H,12,18)(H,15,16)/t7-,8?/m1/s1. The molecule has 1 aliphatic heterocycles. The zero-order valence-corrected chi connectivity index (χ0v) is 11.1. The van der Waals surface area contributed by atoms with E-state index in [0.29, 0.717) is 0 Å². The van der Waals surface area contributed by atoms with Gasteiger partial charge in [-0.05, 0) is 0 Å². The Morgan fingerprint density at radius 3 is 2.75 bits per heavy atom. The van der Waals surface area contributed by atoms with E-state index in [1.807, 2.05) is 0 Å². The number of hydrogen-bond donors (Lipinski definition) is 3. The van der Waals surface area contributed by atoms with Crippen molar-refractivity contribution in [2.45, 2.75) is 18.6 Å². The largest absolute Gasteiger partial charge is 0.480 e. The van der Waals surface area contributed by atoms with Crippen LogP contribution < -0.4 is 5.32 Å². The van der Waals surface area contributed by atoms with E-state index in [1.54, 1.807) is 0 Å². The van der Waals surface area contributed by atoms with Gasteiger partial charge in [-0.1, -0.05) is 0 Å². The number of rotatable bonds is 5. The summed E-state index contributed by atoms with van der Waals surface area (Å²) >= 11 is 0. The molecule has 0 aromatic carbocycles. The van der Waals surface area contributed by atoms with E-state index < -0.39 is 30.1 Å². The lowest BCUT2D eigenvalue weighted by Gasteiger charge is -2.32. The van der Waals surface area contributed by atoms with E-state index in [4.69, 9.17) is 14.9 Å². The maximum atomic E-state index is 11.9. The quantitative estimate of drug-likeness (QED) is 0.521. The number of esters is 1. The molecule has 9 nitrogen and oxygen atoms in total. The predicted octanol–water partition coefficient (Wildman–Crippen LogP) is -1.59. The third-order valence-electron chi connectivity index (χ3n) is 2.83. The van der Waals surface area contributed by atoms with Crippen LogP contribution in [-0.2, 0) is 19.1 Å². The van der Waals surface area contributed by atoms with Crippen molar-refractivity contribution in [2.75, 3.05) is 33.4 Å². The van der Waals surface area contributed by atoms with E-state index in [0.717, 1.165) is 0 Å². The first kappa shape index (κ1) is 16.2. The van der Waals surface area contributed by atoms with E-state index in [9.17, 15) is 14.4 Å². The van der Waals surface area contributed by atoms with Gasteiger partial charge < -0.3 is 29.9 Å². The van der Waals surface area contributed by atoms with E-state index in [2.05, 4.69) is 10.1 Å². The smallest absolute Gasteiger partial charge is 0.336 e. The van der Waals surface area contributed by atoms with Crippen molar-refractivity contribution in [3.63, 3.8) is 0 Å². The number of amides is 2. The molecule has 1 saturated heterocycles. The fraction of sp³-hybridized carbons (Fsp3) is 0.727. The van der Waals surface area contributed by atoms with Gasteiger partial charge in [0.25, 0.3) is 0 Å². The molecule has 1 unspecified atom stereocenters. The summed E-state index contributed by atoms with van der Waals surface area (Å²) in [6, 6.07) is -1.80. The number of morpholine rings is 1. The van der Waals surface area contributed by atoms with Crippen LogP contribution in [0.1, 0.15) is 6.42 Å². The van der Waals surface area contributed by atoms with Crippen LogP contribution in [0.5, 0.6) is 0 Å².